The monoisotopic (exact) mass is 874 g/mol. The zero-order chi connectivity index (χ0) is 46.3. The summed E-state index contributed by atoms with van der Waals surface area (Å²) >= 11 is 0. The van der Waals surface area contributed by atoms with E-state index in [1.807, 2.05) is 72.9 Å². The van der Waals surface area contributed by atoms with Gasteiger partial charge in [-0.25, -0.2) is 0 Å². The molecule has 0 fully saturated rings. The molecule has 0 spiro atoms. The Bertz CT molecular complexity index is 1440. The number of unbranched alkanes of at least 4 members (excludes halogenated alkanes) is 13. The number of quaternary nitrogens is 1. The fraction of sp³-hybridized carbons (Fsp3) is 0.582. The zero-order valence-electron chi connectivity index (χ0n) is 40.2. The number of carboxylic acids is 1. The van der Waals surface area contributed by atoms with Crippen molar-refractivity contribution in [3.8, 4) is 0 Å². The molecule has 0 heterocycles. The summed E-state index contributed by atoms with van der Waals surface area (Å²) in [6.07, 6.45) is 62.2. The highest BCUT2D eigenvalue weighted by Crippen LogP contribution is 2.14. The molecule has 354 valence electrons. The second-order valence-electron chi connectivity index (χ2n) is 16.8. The number of likely N-dealkylation sites (N-methyl/N-ethyl adjacent to an activating group) is 1. The predicted molar refractivity (Wildman–Crippen MR) is 263 cm³/mol. The van der Waals surface area contributed by atoms with Crippen molar-refractivity contribution in [3.05, 3.63) is 122 Å². The minimum absolute atomic E-state index is 0.0154. The van der Waals surface area contributed by atoms with Gasteiger partial charge in [0.1, 0.15) is 12.6 Å². The van der Waals surface area contributed by atoms with E-state index < -0.39 is 18.1 Å². The summed E-state index contributed by atoms with van der Waals surface area (Å²) in [5, 5.41) is 11.7. The second kappa shape index (κ2) is 44.3. The number of ether oxygens (including phenoxy) is 3. The van der Waals surface area contributed by atoms with Gasteiger partial charge in [-0.2, -0.15) is 0 Å². The lowest BCUT2D eigenvalue weighted by Gasteiger charge is -2.34. The Hall–Kier alpha value is -4.27. The fourth-order valence-corrected chi connectivity index (χ4v) is 6.36. The van der Waals surface area contributed by atoms with E-state index >= 15 is 0 Å². The Morgan fingerprint density at radius 2 is 0.921 bits per heavy atom. The van der Waals surface area contributed by atoms with Gasteiger partial charge in [-0.05, 0) is 64.2 Å². The Kier molecular flexibility index (Phi) is 41.3. The van der Waals surface area contributed by atoms with Gasteiger partial charge in [0.2, 0.25) is 0 Å². The molecule has 2 atom stereocenters. The van der Waals surface area contributed by atoms with Crippen LogP contribution in [-0.2, 0) is 28.6 Å². The van der Waals surface area contributed by atoms with Gasteiger partial charge in [-0.3, -0.25) is 9.59 Å². The van der Waals surface area contributed by atoms with Crippen LogP contribution in [0.4, 0.5) is 0 Å². The normalized spacial score (nSPS) is 14.0. The molecule has 0 amide bonds. The molecule has 0 radical (unpaired) electrons. The fourth-order valence-electron chi connectivity index (χ4n) is 6.36. The highest BCUT2D eigenvalue weighted by Gasteiger charge is 2.25. The first-order valence-electron chi connectivity index (χ1n) is 24.2. The number of allylic oxidation sites excluding steroid dienone is 20. The Labute approximate surface area is 384 Å². The van der Waals surface area contributed by atoms with Crippen LogP contribution in [0.5, 0.6) is 0 Å². The van der Waals surface area contributed by atoms with Gasteiger partial charge in [0.25, 0.3) is 0 Å². The average Bonchev–Trinajstić information content (AvgIpc) is 3.24. The SMILES string of the molecule is CC/C=C/C=C/C=C/C=C/C=C/C=C/C=C/CCCCCC(=O)OCC(COCCC(C(=O)[O-])[N+](C)(C)C)OC(=O)CCCCCCCCCCCC/C=C/C/C=C/C/C=C/CC. The number of esters is 2. The highest BCUT2D eigenvalue weighted by atomic mass is 16.6. The number of rotatable bonds is 41. The van der Waals surface area contributed by atoms with E-state index in [0.29, 0.717) is 12.8 Å². The Balaban J connectivity index is 4.41. The van der Waals surface area contributed by atoms with Crippen molar-refractivity contribution in [1.82, 2.24) is 0 Å². The highest BCUT2D eigenvalue weighted by molar-refractivity contribution is 5.70. The average molecular weight is 874 g/mol. The van der Waals surface area contributed by atoms with Crippen molar-refractivity contribution >= 4 is 17.9 Å². The quantitative estimate of drug-likeness (QED) is 0.0198. The molecule has 0 saturated heterocycles. The summed E-state index contributed by atoms with van der Waals surface area (Å²) in [7, 11) is 5.38. The standard InChI is InChI=1S/C55H87NO7/c1-6-8-10-12-14-16-18-20-22-24-26-28-30-32-34-36-38-40-42-44-46-54(58)63-51(49-61-48-47-52(55(59)60)56(3,4)5)50-62-53(57)45-43-41-39-37-35-33-31-29-27-25-23-21-19-17-15-13-11-9-7-2/h8-11,13-17,19-23,25,27,29,31,33,35,51-52H,6-7,12,18,24,26,28,30,32,34,36-50H2,1-5H3/b10-8+,11-9+,15-13+,16-14+,19-17+,22-20+,23-21+,27-25+,31-29+,35-33+. The summed E-state index contributed by atoms with van der Waals surface area (Å²) in [6.45, 7) is 4.33. The topological polar surface area (TPSA) is 102 Å². The van der Waals surface area contributed by atoms with Gasteiger partial charge >= 0.3 is 11.9 Å². The van der Waals surface area contributed by atoms with Crippen molar-refractivity contribution < 1.29 is 38.2 Å². The minimum Gasteiger partial charge on any atom is -0.544 e. The molecule has 0 aromatic carbocycles. The first-order valence-corrected chi connectivity index (χ1v) is 24.2. The van der Waals surface area contributed by atoms with E-state index in [-0.39, 0.29) is 49.1 Å². The van der Waals surface area contributed by atoms with Crippen LogP contribution in [0, 0.1) is 0 Å². The summed E-state index contributed by atoms with van der Waals surface area (Å²) in [5.74, 6) is -1.82. The molecule has 0 saturated carbocycles. The van der Waals surface area contributed by atoms with Crippen molar-refractivity contribution in [2.24, 2.45) is 0 Å². The number of hydrogen-bond acceptors (Lipinski definition) is 7. The van der Waals surface area contributed by atoms with Crippen LogP contribution in [0.3, 0.4) is 0 Å². The van der Waals surface area contributed by atoms with Crippen LogP contribution in [0.15, 0.2) is 122 Å². The first-order chi connectivity index (χ1) is 30.6. The largest absolute Gasteiger partial charge is 0.544 e. The lowest BCUT2D eigenvalue weighted by atomic mass is 10.0. The Morgan fingerprint density at radius 1 is 0.492 bits per heavy atom. The first kappa shape index (κ1) is 58.7. The molecular formula is C55H87NO7. The van der Waals surface area contributed by atoms with E-state index in [0.717, 1.165) is 64.2 Å². The molecule has 0 aromatic heterocycles. The zero-order valence-corrected chi connectivity index (χ0v) is 40.2. The van der Waals surface area contributed by atoms with Crippen LogP contribution < -0.4 is 5.11 Å². The molecule has 8 heteroatoms. The number of carbonyl (C=O) groups excluding carboxylic acids is 3. The number of aliphatic carboxylic acids is 1. The van der Waals surface area contributed by atoms with Crippen LogP contribution in [0.2, 0.25) is 0 Å². The van der Waals surface area contributed by atoms with Gasteiger partial charge < -0.3 is 28.6 Å². The molecule has 0 aliphatic carbocycles. The maximum atomic E-state index is 12.8. The number of nitrogens with zero attached hydrogens (tertiary/aromatic N) is 1. The summed E-state index contributed by atoms with van der Waals surface area (Å²) in [5.41, 5.74) is 0. The molecule has 0 aromatic rings. The van der Waals surface area contributed by atoms with Crippen molar-refractivity contribution in [2.75, 3.05) is 41.0 Å². The van der Waals surface area contributed by atoms with Gasteiger partial charge in [0, 0.05) is 19.3 Å². The van der Waals surface area contributed by atoms with E-state index in [4.69, 9.17) is 14.2 Å². The molecule has 0 aliphatic heterocycles. The molecule has 0 aliphatic rings. The summed E-state index contributed by atoms with van der Waals surface area (Å²) in [4.78, 5) is 37.0. The molecule has 0 rings (SSSR count). The van der Waals surface area contributed by atoms with Gasteiger partial charge in [-0.1, -0.05) is 193 Å². The number of carbonyl (C=O) groups is 3. The molecule has 2 unspecified atom stereocenters. The third-order valence-electron chi connectivity index (χ3n) is 10.0. The van der Waals surface area contributed by atoms with E-state index in [2.05, 4.69) is 62.5 Å². The van der Waals surface area contributed by atoms with Crippen LogP contribution in [0.1, 0.15) is 155 Å². The van der Waals surface area contributed by atoms with Crippen molar-refractivity contribution in [3.63, 3.8) is 0 Å². The number of hydrogen-bond donors (Lipinski definition) is 0. The maximum Gasteiger partial charge on any atom is 0.306 e. The molecule has 63 heavy (non-hydrogen) atoms. The molecule has 0 bridgehead atoms. The predicted octanol–water partition coefficient (Wildman–Crippen LogP) is 12.5. The minimum atomic E-state index is -1.14. The van der Waals surface area contributed by atoms with Gasteiger partial charge in [-0.15, -0.1) is 0 Å². The van der Waals surface area contributed by atoms with Gasteiger partial charge in [0.05, 0.1) is 40.3 Å². The Morgan fingerprint density at radius 3 is 1.44 bits per heavy atom. The lowest BCUT2D eigenvalue weighted by Crippen LogP contribution is -2.55. The lowest BCUT2D eigenvalue weighted by molar-refractivity contribution is -0.889. The van der Waals surface area contributed by atoms with Crippen LogP contribution in [0.25, 0.3) is 0 Å². The third kappa shape index (κ3) is 42.8. The van der Waals surface area contributed by atoms with E-state index in [1.54, 1.807) is 21.1 Å². The number of carboxylic acid groups (broad SMARTS) is 1. The van der Waals surface area contributed by atoms with Crippen LogP contribution in [-0.4, -0.2) is 75.5 Å². The van der Waals surface area contributed by atoms with E-state index in [1.165, 1.54) is 51.4 Å². The van der Waals surface area contributed by atoms with Gasteiger partial charge in [0.15, 0.2) is 6.10 Å². The summed E-state index contributed by atoms with van der Waals surface area (Å²) < 4.78 is 17.2. The van der Waals surface area contributed by atoms with Crippen molar-refractivity contribution in [2.45, 2.75) is 167 Å². The second-order valence-corrected chi connectivity index (χ2v) is 16.8. The third-order valence-corrected chi connectivity index (χ3v) is 10.0. The molecular weight excluding hydrogens is 787 g/mol. The van der Waals surface area contributed by atoms with Crippen molar-refractivity contribution in [1.29, 1.82) is 0 Å². The summed E-state index contributed by atoms with van der Waals surface area (Å²) in [6, 6.07) is -0.742. The maximum absolute atomic E-state index is 12.8. The smallest absolute Gasteiger partial charge is 0.306 e. The molecule has 0 N–H and O–H groups in total. The molecule has 8 nitrogen and oxygen atoms in total. The van der Waals surface area contributed by atoms with E-state index in [9.17, 15) is 19.5 Å². The van der Waals surface area contributed by atoms with Crippen LogP contribution >= 0.6 is 0 Å².